The zero-order chi connectivity index (χ0) is 17.1. The predicted molar refractivity (Wildman–Crippen MR) is 83.6 cm³/mol. The third kappa shape index (κ3) is 5.14. The maximum Gasteiger partial charge on any atom is 0.254 e. The second-order valence-corrected chi connectivity index (χ2v) is 4.06. The van der Waals surface area contributed by atoms with Crippen LogP contribution in [0.3, 0.4) is 0 Å². The van der Waals surface area contributed by atoms with Gasteiger partial charge in [-0.05, 0) is 6.92 Å². The molecule has 0 aliphatic carbocycles. The molecule has 0 fully saturated rings. The minimum absolute atomic E-state index is 0.0125. The number of benzene rings is 1. The first-order valence-electron chi connectivity index (χ1n) is 6.45. The van der Waals surface area contributed by atoms with Crippen molar-refractivity contribution in [2.45, 2.75) is 13.5 Å². The van der Waals surface area contributed by atoms with Crippen molar-refractivity contribution >= 4 is 17.3 Å². The molecule has 0 aliphatic rings. The Hall–Kier alpha value is -3.39. The zero-order valence-corrected chi connectivity index (χ0v) is 13.0. The van der Waals surface area contributed by atoms with E-state index in [0.717, 1.165) is 0 Å². The van der Waals surface area contributed by atoms with Gasteiger partial charge >= 0.3 is 0 Å². The summed E-state index contributed by atoms with van der Waals surface area (Å²) in [5, 5.41) is 24.9. The molecule has 0 saturated heterocycles. The van der Waals surface area contributed by atoms with Crippen LogP contribution < -0.4 is 0 Å². The molecule has 1 rings (SSSR count). The standard InChI is InChI=1S/C15H15N5O3/c1-11(8-16)19-23-9-12-6-4-5-7-13(12)14(20-22-3)15(21-2)18-10-17/h4-7H,9H2,1-3H3/b18-15?,19-11-,20-14?. The fourth-order valence-corrected chi connectivity index (χ4v) is 1.63. The number of nitriles is 2. The number of oxime groups is 2. The number of aliphatic imine (C=N–C) groups is 1. The molecule has 23 heavy (non-hydrogen) atoms. The molecule has 8 heteroatoms. The number of nitrogens with zero attached hydrogens (tertiary/aromatic N) is 5. The van der Waals surface area contributed by atoms with Crippen molar-refractivity contribution in [3.8, 4) is 12.3 Å². The fourth-order valence-electron chi connectivity index (χ4n) is 1.63. The minimum atomic E-state index is 0.0125. The molecule has 0 heterocycles. The summed E-state index contributed by atoms with van der Waals surface area (Å²) in [6, 6.07) is 8.99. The normalized spacial score (nSPS) is 12.1. The van der Waals surface area contributed by atoms with Crippen LogP contribution in [-0.4, -0.2) is 31.5 Å². The Kier molecular flexibility index (Phi) is 7.32. The maximum atomic E-state index is 8.74. The summed E-state index contributed by atoms with van der Waals surface area (Å²) in [6.45, 7) is 1.63. The average molecular weight is 313 g/mol. The quantitative estimate of drug-likeness (QED) is 0.345. The van der Waals surface area contributed by atoms with Crippen molar-refractivity contribution in [3.05, 3.63) is 35.4 Å². The van der Waals surface area contributed by atoms with E-state index in [2.05, 4.69) is 15.3 Å². The van der Waals surface area contributed by atoms with Crippen LogP contribution in [0.2, 0.25) is 0 Å². The van der Waals surface area contributed by atoms with E-state index in [9.17, 15) is 0 Å². The topological polar surface area (TPSA) is 112 Å². The number of hydrogen-bond donors (Lipinski definition) is 0. The second-order valence-electron chi connectivity index (χ2n) is 4.06. The molecule has 0 N–H and O–H groups in total. The van der Waals surface area contributed by atoms with Crippen LogP contribution in [0, 0.1) is 22.8 Å². The van der Waals surface area contributed by atoms with Crippen LogP contribution in [0.1, 0.15) is 18.1 Å². The summed E-state index contributed by atoms with van der Waals surface area (Å²) in [5.74, 6) is 0.0125. The SMILES string of the molecule is CON=C(C(=NC#N)OC)c1ccccc1CO/N=C(/C)C#N. The Morgan fingerprint density at radius 2 is 1.91 bits per heavy atom. The first-order valence-corrected chi connectivity index (χ1v) is 6.45. The maximum absolute atomic E-state index is 8.74. The van der Waals surface area contributed by atoms with Gasteiger partial charge in [0.05, 0.1) is 7.11 Å². The van der Waals surface area contributed by atoms with E-state index in [0.29, 0.717) is 11.1 Å². The molecule has 0 unspecified atom stereocenters. The molecule has 0 saturated carbocycles. The molecule has 0 aliphatic heterocycles. The summed E-state index contributed by atoms with van der Waals surface area (Å²) < 4.78 is 5.08. The van der Waals surface area contributed by atoms with Crippen LogP contribution in [0.25, 0.3) is 0 Å². The van der Waals surface area contributed by atoms with Crippen LogP contribution in [-0.2, 0) is 21.0 Å². The van der Waals surface area contributed by atoms with Gasteiger partial charge < -0.3 is 14.4 Å². The fraction of sp³-hybridized carbons (Fsp3) is 0.267. The van der Waals surface area contributed by atoms with Crippen LogP contribution >= 0.6 is 0 Å². The molecule has 0 spiro atoms. The van der Waals surface area contributed by atoms with Crippen molar-refractivity contribution in [3.63, 3.8) is 0 Å². The van der Waals surface area contributed by atoms with E-state index < -0.39 is 0 Å². The van der Waals surface area contributed by atoms with Gasteiger partial charge in [0.1, 0.15) is 19.8 Å². The average Bonchev–Trinajstić information content (AvgIpc) is 2.58. The lowest BCUT2D eigenvalue weighted by atomic mass is 10.0. The minimum Gasteiger partial charge on any atom is -0.479 e. The third-order valence-corrected chi connectivity index (χ3v) is 2.59. The molecule has 8 nitrogen and oxygen atoms in total. The Morgan fingerprint density at radius 1 is 1.17 bits per heavy atom. The summed E-state index contributed by atoms with van der Waals surface area (Å²) in [7, 11) is 2.75. The molecule has 0 bridgehead atoms. The lowest BCUT2D eigenvalue weighted by Gasteiger charge is -2.11. The molecule has 1 aromatic carbocycles. The number of methoxy groups -OCH3 is 1. The van der Waals surface area contributed by atoms with E-state index in [1.807, 2.05) is 6.07 Å². The molecule has 118 valence electrons. The Morgan fingerprint density at radius 3 is 2.52 bits per heavy atom. The van der Waals surface area contributed by atoms with Gasteiger partial charge in [-0.1, -0.05) is 34.6 Å². The summed E-state index contributed by atoms with van der Waals surface area (Å²) >= 11 is 0. The highest BCUT2D eigenvalue weighted by molar-refractivity contribution is 6.45. The van der Waals surface area contributed by atoms with E-state index in [-0.39, 0.29) is 23.9 Å². The van der Waals surface area contributed by atoms with Gasteiger partial charge in [-0.3, -0.25) is 0 Å². The first-order chi connectivity index (χ1) is 11.2. The number of rotatable bonds is 6. The van der Waals surface area contributed by atoms with E-state index >= 15 is 0 Å². The van der Waals surface area contributed by atoms with Gasteiger partial charge in [-0.2, -0.15) is 10.5 Å². The summed E-state index contributed by atoms with van der Waals surface area (Å²) in [4.78, 5) is 13.5. The lowest BCUT2D eigenvalue weighted by molar-refractivity contribution is 0.130. The van der Waals surface area contributed by atoms with Gasteiger partial charge in [0, 0.05) is 11.1 Å². The van der Waals surface area contributed by atoms with Crippen molar-refractivity contribution < 1.29 is 14.4 Å². The largest absolute Gasteiger partial charge is 0.479 e. The molecular weight excluding hydrogens is 298 g/mol. The van der Waals surface area contributed by atoms with Crippen LogP contribution in [0.15, 0.2) is 39.6 Å². The molecule has 0 atom stereocenters. The summed E-state index contributed by atoms with van der Waals surface area (Å²) in [6.07, 6.45) is 1.65. The van der Waals surface area contributed by atoms with Crippen molar-refractivity contribution in [1.29, 1.82) is 10.5 Å². The molecule has 1 aromatic rings. The van der Waals surface area contributed by atoms with E-state index in [4.69, 9.17) is 24.9 Å². The van der Waals surface area contributed by atoms with Crippen molar-refractivity contribution in [2.24, 2.45) is 15.3 Å². The lowest BCUT2D eigenvalue weighted by Crippen LogP contribution is -2.20. The van der Waals surface area contributed by atoms with Gasteiger partial charge in [0.25, 0.3) is 5.90 Å². The second kappa shape index (κ2) is 9.53. The third-order valence-electron chi connectivity index (χ3n) is 2.59. The number of hydrogen-bond acceptors (Lipinski definition) is 8. The summed E-state index contributed by atoms with van der Waals surface area (Å²) in [5.41, 5.74) is 1.77. The molecule has 0 aromatic heterocycles. The molecule has 0 amide bonds. The number of ether oxygens (including phenoxy) is 1. The Bertz CT molecular complexity index is 711. The zero-order valence-electron chi connectivity index (χ0n) is 13.0. The van der Waals surface area contributed by atoms with Crippen molar-refractivity contribution in [2.75, 3.05) is 14.2 Å². The highest BCUT2D eigenvalue weighted by Crippen LogP contribution is 2.14. The van der Waals surface area contributed by atoms with Gasteiger partial charge in [-0.25, -0.2) is 0 Å². The van der Waals surface area contributed by atoms with E-state index in [1.54, 1.807) is 30.5 Å². The highest BCUT2D eigenvalue weighted by Gasteiger charge is 2.18. The van der Waals surface area contributed by atoms with E-state index in [1.165, 1.54) is 21.1 Å². The smallest absolute Gasteiger partial charge is 0.254 e. The first kappa shape index (κ1) is 17.7. The molecule has 0 radical (unpaired) electrons. The van der Waals surface area contributed by atoms with Gasteiger partial charge in [-0.15, -0.1) is 4.99 Å². The van der Waals surface area contributed by atoms with Crippen LogP contribution in [0.4, 0.5) is 0 Å². The van der Waals surface area contributed by atoms with Crippen molar-refractivity contribution in [1.82, 2.24) is 0 Å². The highest BCUT2D eigenvalue weighted by atomic mass is 16.6. The Labute approximate surface area is 133 Å². The van der Waals surface area contributed by atoms with Gasteiger partial charge in [0.15, 0.2) is 11.4 Å². The molecular formula is C15H15N5O3. The predicted octanol–water partition coefficient (Wildman–Crippen LogP) is 1.98. The van der Waals surface area contributed by atoms with Crippen LogP contribution in [0.5, 0.6) is 0 Å². The monoisotopic (exact) mass is 313 g/mol. The Balaban J connectivity index is 3.20. The van der Waals surface area contributed by atoms with Gasteiger partial charge in [0.2, 0.25) is 6.19 Å².